The summed E-state index contributed by atoms with van der Waals surface area (Å²) in [6.45, 7) is 45.3. The highest BCUT2D eigenvalue weighted by Gasteiger charge is 2.48. The van der Waals surface area contributed by atoms with Gasteiger partial charge in [0, 0.05) is 35.5 Å². The Morgan fingerprint density at radius 1 is 0.426 bits per heavy atom. The molecule has 2 saturated heterocycles. The quantitative estimate of drug-likeness (QED) is 0.0469. The molecule has 0 aromatic heterocycles. The maximum atomic E-state index is 12.7. The van der Waals surface area contributed by atoms with Crippen molar-refractivity contribution in [1.29, 1.82) is 0 Å². The molecule has 6 aromatic carbocycles. The number of benzene rings is 6. The minimum atomic E-state index is -0.591. The Labute approximate surface area is 561 Å². The van der Waals surface area contributed by atoms with Crippen LogP contribution in [0.25, 0.3) is 0 Å². The van der Waals surface area contributed by atoms with E-state index in [-0.39, 0.29) is 60.7 Å². The lowest BCUT2D eigenvalue weighted by Crippen LogP contribution is -2.57. The first-order valence-corrected chi connectivity index (χ1v) is 33.2. The molecule has 2 heterocycles. The molecule has 94 heavy (non-hydrogen) atoms. The van der Waals surface area contributed by atoms with Crippen molar-refractivity contribution in [3.63, 3.8) is 0 Å². The van der Waals surface area contributed by atoms with Gasteiger partial charge in [-0.2, -0.15) is 0 Å². The second kappa shape index (κ2) is 30.7. The Balaban J connectivity index is 0.000000276. The van der Waals surface area contributed by atoms with Gasteiger partial charge < -0.3 is 59.1 Å². The van der Waals surface area contributed by atoms with Crippen molar-refractivity contribution in [3.05, 3.63) is 173 Å². The minimum absolute atomic E-state index is 0.139. The number of carbonyl (C=O) groups is 2. The summed E-state index contributed by atoms with van der Waals surface area (Å²) in [5.74, 6) is 2.02. The van der Waals surface area contributed by atoms with Crippen molar-refractivity contribution in [1.82, 2.24) is 0 Å². The molecule has 6 aromatic rings. The van der Waals surface area contributed by atoms with Crippen molar-refractivity contribution in [2.24, 2.45) is 16.2 Å². The zero-order valence-corrected chi connectivity index (χ0v) is 60.5. The van der Waals surface area contributed by atoms with Crippen molar-refractivity contribution in [2.45, 2.75) is 220 Å². The molecule has 14 nitrogen and oxygen atoms in total. The van der Waals surface area contributed by atoms with Gasteiger partial charge in [0.15, 0.2) is 12.6 Å². The SMILES string of the molecule is CCC(c1cc(C)c(O)c(C)c1)c1cc(C)c(O)c(C)c1.Cc1cc(C(C)c2cc(C)c(O)c(C)c2)cc(C)c1O.Cc1cc(CCC(=O)OCC(C)(C)C2OCC3(CO2)COC(C(C)(C)COC(=O)CCc2cc(C)c(O)c(C(C)(C)C)c2)OC3)cc(C(C)(C)C)c1O. The lowest BCUT2D eigenvalue weighted by atomic mass is 9.83. The Hall–Kier alpha value is -7.10. The van der Waals surface area contributed by atoms with Crippen LogP contribution in [0.5, 0.6) is 34.5 Å². The predicted molar refractivity (Wildman–Crippen MR) is 373 cm³/mol. The number of aromatic hydroxyl groups is 6. The topological polar surface area (TPSA) is 211 Å². The zero-order valence-electron chi connectivity index (χ0n) is 60.5. The van der Waals surface area contributed by atoms with Gasteiger partial charge in [-0.15, -0.1) is 0 Å². The van der Waals surface area contributed by atoms with Crippen molar-refractivity contribution in [2.75, 3.05) is 39.6 Å². The Morgan fingerprint density at radius 2 is 0.681 bits per heavy atom. The van der Waals surface area contributed by atoms with Gasteiger partial charge in [-0.3, -0.25) is 9.59 Å². The van der Waals surface area contributed by atoms with Gasteiger partial charge in [0.1, 0.15) is 47.7 Å². The summed E-state index contributed by atoms with van der Waals surface area (Å²) in [5.41, 5.74) is 15.3. The van der Waals surface area contributed by atoms with Gasteiger partial charge in [-0.05, 0) is 199 Å². The summed E-state index contributed by atoms with van der Waals surface area (Å²) in [6, 6.07) is 24.2. The number of carbonyl (C=O) groups excluding carboxylic acids is 2. The predicted octanol–water partition coefficient (Wildman–Crippen LogP) is 17.1. The van der Waals surface area contributed by atoms with E-state index < -0.39 is 28.8 Å². The molecule has 1 spiro atoms. The van der Waals surface area contributed by atoms with Crippen LogP contribution in [0.4, 0.5) is 0 Å². The van der Waals surface area contributed by atoms with Gasteiger partial charge in [0.25, 0.3) is 0 Å². The fourth-order valence-electron chi connectivity index (χ4n) is 12.4. The molecular weight excluding hydrogens is 1180 g/mol. The van der Waals surface area contributed by atoms with E-state index in [4.69, 9.17) is 28.4 Å². The van der Waals surface area contributed by atoms with Crippen molar-refractivity contribution < 1.29 is 68.6 Å². The van der Waals surface area contributed by atoms with Crippen LogP contribution < -0.4 is 0 Å². The molecule has 2 fully saturated rings. The number of aryl methyl sites for hydroxylation is 12. The number of esters is 2. The largest absolute Gasteiger partial charge is 0.507 e. The van der Waals surface area contributed by atoms with Crippen LogP contribution in [0.15, 0.2) is 72.8 Å². The van der Waals surface area contributed by atoms with E-state index in [0.717, 1.165) is 84.3 Å². The first-order valence-electron chi connectivity index (χ1n) is 33.2. The molecule has 0 amide bonds. The summed E-state index contributed by atoms with van der Waals surface area (Å²) in [5, 5.41) is 60.7. The molecule has 0 aliphatic carbocycles. The normalized spacial score (nSPS) is 16.9. The molecule has 0 unspecified atom stereocenters. The third kappa shape index (κ3) is 19.1. The molecule has 2 aliphatic heterocycles. The molecule has 0 bridgehead atoms. The van der Waals surface area contributed by atoms with E-state index in [2.05, 4.69) is 79.7 Å². The van der Waals surface area contributed by atoms with Crippen LogP contribution in [0.1, 0.15) is 214 Å². The Morgan fingerprint density at radius 3 is 0.936 bits per heavy atom. The second-order valence-electron chi connectivity index (χ2n) is 30.5. The molecule has 14 heteroatoms. The molecular formula is C80H110O14. The van der Waals surface area contributed by atoms with E-state index in [1.807, 2.05) is 145 Å². The summed E-state index contributed by atoms with van der Waals surface area (Å²) in [6.07, 6.45) is 1.31. The highest BCUT2D eigenvalue weighted by molar-refractivity contribution is 5.70. The highest BCUT2D eigenvalue weighted by Crippen LogP contribution is 2.42. The van der Waals surface area contributed by atoms with Crippen LogP contribution in [-0.2, 0) is 61.7 Å². The molecule has 0 radical (unpaired) electrons. The van der Waals surface area contributed by atoms with E-state index in [9.17, 15) is 40.2 Å². The lowest BCUT2D eigenvalue weighted by Gasteiger charge is -2.48. The highest BCUT2D eigenvalue weighted by atomic mass is 16.7. The number of hydrogen-bond donors (Lipinski definition) is 6. The molecule has 0 saturated carbocycles. The standard InChI is InChI=1S/C43H64O10.C19H24O2.C18H22O2/c1-27-17-29(19-31(35(27)46)39(3,4)5)13-15-33(44)48-21-41(9,10)37-50-23-43(24-51-37)25-52-38(53-26-43)42(11,12)22-49-34(45)16-14-30-18-28(2)36(47)32(20-30)40(6,7)8;1-6-17(15-7-11(2)18(20)12(3)8-15)16-9-13(4)19(21)14(5)10-16;1-10-6-15(7-11(2)17(10)19)14(5)16-8-12(3)18(20)13(4)9-16/h17-20,37-38,46-47H,13-16,21-26H2,1-12H3;7-10,17,20-21H,6H2,1-5H3;6-9,14,19-20H,1-5H3. The van der Waals surface area contributed by atoms with Crippen LogP contribution in [0, 0.1) is 85.5 Å². The van der Waals surface area contributed by atoms with Gasteiger partial charge in [-0.1, -0.05) is 156 Å². The van der Waals surface area contributed by atoms with Gasteiger partial charge >= 0.3 is 11.9 Å². The fourth-order valence-corrected chi connectivity index (χ4v) is 12.4. The summed E-state index contributed by atoms with van der Waals surface area (Å²) >= 11 is 0. The van der Waals surface area contributed by atoms with Crippen LogP contribution in [0.3, 0.4) is 0 Å². The Bertz CT molecular complexity index is 3300. The first-order chi connectivity index (χ1) is 43.6. The third-order valence-electron chi connectivity index (χ3n) is 18.5. The van der Waals surface area contributed by atoms with Crippen LogP contribution >= 0.6 is 0 Å². The maximum absolute atomic E-state index is 12.7. The average Bonchev–Trinajstić information content (AvgIpc) is 0.800. The average molecular weight is 1300 g/mol. The summed E-state index contributed by atoms with van der Waals surface area (Å²) in [7, 11) is 0. The molecule has 514 valence electrons. The first kappa shape index (κ1) is 75.9. The molecule has 0 atom stereocenters. The van der Waals surface area contributed by atoms with Gasteiger partial charge in [0.05, 0.1) is 31.8 Å². The number of ether oxygens (including phenoxy) is 6. The Kier molecular flexibility index (Phi) is 24.8. The summed E-state index contributed by atoms with van der Waals surface area (Å²) in [4.78, 5) is 25.5. The fraction of sp³-hybridized carbons (Fsp3) is 0.525. The second-order valence-corrected chi connectivity index (χ2v) is 30.5. The number of hydrogen-bond acceptors (Lipinski definition) is 14. The van der Waals surface area contributed by atoms with Crippen LogP contribution in [-0.4, -0.2) is 94.8 Å². The number of rotatable bonds is 17. The minimum Gasteiger partial charge on any atom is -0.507 e. The maximum Gasteiger partial charge on any atom is 0.306 e. The van der Waals surface area contributed by atoms with Crippen molar-refractivity contribution >= 4 is 11.9 Å². The summed E-state index contributed by atoms with van der Waals surface area (Å²) < 4.78 is 36.1. The van der Waals surface area contributed by atoms with Gasteiger partial charge in [-0.25, -0.2) is 0 Å². The van der Waals surface area contributed by atoms with E-state index in [0.29, 0.717) is 73.8 Å². The van der Waals surface area contributed by atoms with Gasteiger partial charge in [0.2, 0.25) is 0 Å². The molecule has 6 N–H and O–H groups in total. The molecule has 8 rings (SSSR count). The van der Waals surface area contributed by atoms with E-state index >= 15 is 0 Å². The smallest absolute Gasteiger partial charge is 0.306 e. The number of phenols is 6. The van der Waals surface area contributed by atoms with E-state index in [1.165, 1.54) is 22.3 Å². The van der Waals surface area contributed by atoms with Crippen molar-refractivity contribution in [3.8, 4) is 34.5 Å². The third-order valence-corrected chi connectivity index (χ3v) is 18.5. The number of phenolic OH excluding ortho intramolecular Hbond substituents is 6. The molecule has 2 aliphatic rings. The van der Waals surface area contributed by atoms with E-state index in [1.54, 1.807) is 0 Å². The van der Waals surface area contributed by atoms with Crippen LogP contribution in [0.2, 0.25) is 0 Å². The lowest BCUT2D eigenvalue weighted by molar-refractivity contribution is -0.337. The zero-order chi connectivity index (χ0) is 70.3. The monoisotopic (exact) mass is 1290 g/mol.